The fraction of sp³-hybridized carbons (Fsp3) is 0.467. The van der Waals surface area contributed by atoms with Crippen molar-refractivity contribution in [1.29, 1.82) is 0 Å². The van der Waals surface area contributed by atoms with E-state index in [1.807, 2.05) is 0 Å². The van der Waals surface area contributed by atoms with Crippen LogP contribution in [0.15, 0.2) is 17.1 Å². The first-order chi connectivity index (χ1) is 23.7. The fourth-order valence-electron chi connectivity index (χ4n) is 5.61. The number of aryl methyl sites for hydroxylation is 1. The lowest BCUT2D eigenvalue weighted by Crippen LogP contribution is -2.35. The van der Waals surface area contributed by atoms with Crippen molar-refractivity contribution in [2.45, 2.75) is 44.3 Å². The molecule has 0 saturated carbocycles. The quantitative estimate of drug-likeness (QED) is 0.142. The minimum Gasteiger partial charge on any atom is -0.493 e. The number of rotatable bonds is 13. The first-order valence-corrected chi connectivity index (χ1v) is 15.1. The average Bonchev–Trinajstić information content (AvgIpc) is 3.85. The van der Waals surface area contributed by atoms with Crippen LogP contribution in [0, 0.1) is 0 Å². The molecule has 3 aromatic rings. The van der Waals surface area contributed by atoms with Gasteiger partial charge in [-0.3, -0.25) is 9.79 Å². The molecule has 0 unspecified atom stereocenters. The van der Waals surface area contributed by atoms with Crippen LogP contribution in [-0.4, -0.2) is 126 Å². The molecule has 260 valence electrons. The summed E-state index contributed by atoms with van der Waals surface area (Å²) < 4.78 is 33.1. The van der Waals surface area contributed by atoms with Gasteiger partial charge < -0.3 is 33.3 Å². The molecule has 1 fully saturated rings. The van der Waals surface area contributed by atoms with Crippen LogP contribution in [0.25, 0.3) is 0 Å². The van der Waals surface area contributed by atoms with Gasteiger partial charge in [0.25, 0.3) is 5.91 Å². The van der Waals surface area contributed by atoms with Crippen LogP contribution in [0.2, 0.25) is 0 Å². The second-order valence-corrected chi connectivity index (χ2v) is 10.8. The van der Waals surface area contributed by atoms with Gasteiger partial charge in [-0.2, -0.15) is 0 Å². The number of carbonyl (C=O) groups is 5. The molecule has 0 aliphatic carbocycles. The van der Waals surface area contributed by atoms with Crippen LogP contribution >= 0.6 is 0 Å². The molecule has 19 heteroatoms. The molecule has 0 N–H and O–H groups in total. The zero-order valence-electron chi connectivity index (χ0n) is 27.4. The molecule has 2 aliphatic rings. The summed E-state index contributed by atoms with van der Waals surface area (Å²) in [5.74, 6) is -2.76. The Hall–Kier alpha value is -5.88. The maximum absolute atomic E-state index is 13.8. The van der Waals surface area contributed by atoms with E-state index < -0.39 is 36.0 Å². The van der Waals surface area contributed by atoms with Gasteiger partial charge in [0.05, 0.1) is 65.5 Å². The number of ether oxygens (including phenoxy) is 6. The van der Waals surface area contributed by atoms with Gasteiger partial charge in [-0.15, -0.1) is 10.2 Å². The fourth-order valence-corrected chi connectivity index (χ4v) is 5.61. The summed E-state index contributed by atoms with van der Waals surface area (Å²) in [5.41, 5.74) is -0.0432. The molecule has 5 rings (SSSR count). The van der Waals surface area contributed by atoms with Crippen molar-refractivity contribution in [3.05, 3.63) is 40.5 Å². The van der Waals surface area contributed by atoms with Gasteiger partial charge in [0.15, 0.2) is 22.9 Å². The molecule has 1 aromatic carbocycles. The number of aromatic nitrogens is 6. The lowest BCUT2D eigenvalue weighted by Gasteiger charge is -2.21. The number of esters is 4. The Bertz CT molecular complexity index is 1800. The van der Waals surface area contributed by atoms with Gasteiger partial charge in [-0.1, -0.05) is 10.4 Å². The summed E-state index contributed by atoms with van der Waals surface area (Å²) in [5, 5.41) is 15.5. The SMILES string of the molecule is COC(=O)c1nnn(CCCCCOc2cc3c(cc2OC)C(=O)N2C[C@@H](n4nnc(C(=O)OC)c4C(=O)OC)C[C@H]2C=N3)c1C(=O)OC. The van der Waals surface area contributed by atoms with E-state index in [1.165, 1.54) is 37.8 Å². The van der Waals surface area contributed by atoms with Gasteiger partial charge in [0, 0.05) is 25.4 Å². The lowest BCUT2D eigenvalue weighted by atomic mass is 10.1. The van der Waals surface area contributed by atoms with E-state index in [0.29, 0.717) is 61.6 Å². The van der Waals surface area contributed by atoms with Crippen molar-refractivity contribution in [3.8, 4) is 11.5 Å². The van der Waals surface area contributed by atoms with Crippen molar-refractivity contribution in [3.63, 3.8) is 0 Å². The number of nitrogens with zero attached hydrogens (tertiary/aromatic N) is 8. The van der Waals surface area contributed by atoms with Gasteiger partial charge in [-0.25, -0.2) is 28.5 Å². The number of hydrogen-bond acceptors (Lipinski definition) is 16. The molecule has 1 amide bonds. The smallest absolute Gasteiger partial charge is 0.361 e. The summed E-state index contributed by atoms with van der Waals surface area (Å²) in [6.07, 6.45) is 3.89. The molecule has 2 aromatic heterocycles. The van der Waals surface area contributed by atoms with Gasteiger partial charge in [0.2, 0.25) is 11.4 Å². The standard InChI is InChI=1S/C30H34N8O11/c1-44-20-12-18-19(13-21(20)49-10-8-6-7-9-37-24(29(42)47-4)22(32-34-37)27(40)45-2)31-14-16-11-17(15-36(16)26(18)39)38-25(30(43)48-5)23(33-35-38)28(41)46-3/h12-14,16-17H,6-11,15H2,1-5H3/t16-,17-/m0/s1. The zero-order valence-corrected chi connectivity index (χ0v) is 27.4. The largest absolute Gasteiger partial charge is 0.493 e. The molecule has 4 heterocycles. The predicted molar refractivity (Wildman–Crippen MR) is 164 cm³/mol. The molecule has 0 radical (unpaired) electrons. The summed E-state index contributed by atoms with van der Waals surface area (Å²) in [4.78, 5) is 68.9. The maximum Gasteiger partial charge on any atom is 0.361 e. The van der Waals surface area contributed by atoms with E-state index in [2.05, 4.69) is 30.4 Å². The zero-order chi connectivity index (χ0) is 35.2. The normalized spacial score (nSPS) is 16.3. The molecule has 0 bridgehead atoms. The van der Waals surface area contributed by atoms with Crippen LogP contribution in [-0.2, 0) is 25.5 Å². The molecular weight excluding hydrogens is 648 g/mol. The molecule has 2 aliphatic heterocycles. The van der Waals surface area contributed by atoms with Crippen molar-refractivity contribution in [2.24, 2.45) is 4.99 Å². The molecule has 0 spiro atoms. The Morgan fingerprint density at radius 2 is 1.45 bits per heavy atom. The number of hydrogen-bond donors (Lipinski definition) is 0. The number of carbonyl (C=O) groups excluding carboxylic acids is 5. The monoisotopic (exact) mass is 682 g/mol. The van der Waals surface area contributed by atoms with Crippen molar-refractivity contribution < 1.29 is 52.4 Å². The van der Waals surface area contributed by atoms with E-state index in [9.17, 15) is 24.0 Å². The number of methoxy groups -OCH3 is 5. The molecule has 1 saturated heterocycles. The summed E-state index contributed by atoms with van der Waals surface area (Å²) >= 11 is 0. The topological polar surface area (TPSA) is 218 Å². The number of unbranched alkanes of at least 4 members (excludes halogenated alkanes) is 2. The summed E-state index contributed by atoms with van der Waals surface area (Å²) in [7, 11) is 6.18. The third-order valence-corrected chi connectivity index (χ3v) is 8.04. The number of benzene rings is 1. The highest BCUT2D eigenvalue weighted by Gasteiger charge is 2.41. The van der Waals surface area contributed by atoms with Gasteiger partial charge in [0.1, 0.15) is 0 Å². The van der Waals surface area contributed by atoms with Crippen molar-refractivity contribution >= 4 is 41.7 Å². The van der Waals surface area contributed by atoms with E-state index in [1.54, 1.807) is 23.2 Å². The summed E-state index contributed by atoms with van der Waals surface area (Å²) in [6.45, 7) is 0.772. The van der Waals surface area contributed by atoms with E-state index >= 15 is 0 Å². The van der Waals surface area contributed by atoms with Crippen LogP contribution < -0.4 is 9.47 Å². The molecule has 19 nitrogen and oxygen atoms in total. The first kappa shape index (κ1) is 34.5. The molecule has 49 heavy (non-hydrogen) atoms. The number of fused-ring (bicyclic) bond motifs is 2. The molecular formula is C30H34N8O11. The van der Waals surface area contributed by atoms with Gasteiger partial charge in [-0.05, 0) is 31.7 Å². The Morgan fingerprint density at radius 3 is 2.12 bits per heavy atom. The van der Waals surface area contributed by atoms with Gasteiger partial charge >= 0.3 is 23.9 Å². The van der Waals surface area contributed by atoms with Crippen LogP contribution in [0.1, 0.15) is 84.0 Å². The highest BCUT2D eigenvalue weighted by molar-refractivity contribution is 6.04. The third-order valence-electron chi connectivity index (χ3n) is 8.04. The van der Waals surface area contributed by atoms with E-state index in [4.69, 9.17) is 23.7 Å². The Balaban J connectivity index is 1.23. The summed E-state index contributed by atoms with van der Waals surface area (Å²) in [6, 6.07) is 2.27. The minimum absolute atomic E-state index is 0.0801. The minimum atomic E-state index is -0.840. The van der Waals surface area contributed by atoms with Crippen molar-refractivity contribution in [2.75, 3.05) is 48.7 Å². The van der Waals surface area contributed by atoms with E-state index in [0.717, 1.165) is 7.11 Å². The maximum atomic E-state index is 13.8. The lowest BCUT2D eigenvalue weighted by molar-refractivity contribution is 0.0541. The third kappa shape index (κ3) is 6.76. The number of amides is 1. The molecule has 2 atom stereocenters. The van der Waals surface area contributed by atoms with Crippen LogP contribution in [0.3, 0.4) is 0 Å². The number of aliphatic imine (C=N–C) groups is 1. The second kappa shape index (κ2) is 14.9. The van der Waals surface area contributed by atoms with E-state index in [-0.39, 0.29) is 35.2 Å². The van der Waals surface area contributed by atoms with Crippen molar-refractivity contribution in [1.82, 2.24) is 34.9 Å². The van der Waals surface area contributed by atoms with Crippen LogP contribution in [0.5, 0.6) is 11.5 Å². The Kier molecular flexibility index (Phi) is 10.5. The Labute approximate surface area is 279 Å². The predicted octanol–water partition coefficient (Wildman–Crippen LogP) is 1.45. The Morgan fingerprint density at radius 1 is 0.796 bits per heavy atom. The average molecular weight is 683 g/mol. The van der Waals surface area contributed by atoms with Crippen LogP contribution in [0.4, 0.5) is 5.69 Å². The highest BCUT2D eigenvalue weighted by atomic mass is 16.5. The second-order valence-electron chi connectivity index (χ2n) is 10.8. The highest BCUT2D eigenvalue weighted by Crippen LogP contribution is 2.39. The first-order valence-electron chi connectivity index (χ1n) is 15.1.